The Morgan fingerprint density at radius 1 is 1.40 bits per heavy atom. The van der Waals surface area contributed by atoms with Gasteiger partial charge in [0, 0.05) is 40.8 Å². The van der Waals surface area contributed by atoms with Crippen LogP contribution < -0.4 is 22.3 Å². The minimum absolute atomic E-state index is 0. The van der Waals surface area contributed by atoms with Gasteiger partial charge in [0.15, 0.2) is 12.4 Å². The molecule has 2 saturated heterocycles. The Morgan fingerprint density at radius 2 is 2.07 bits per heavy atom. The fourth-order valence-electron chi connectivity index (χ4n) is 4.84. The van der Waals surface area contributed by atoms with E-state index in [2.05, 4.69) is 17.4 Å². The van der Waals surface area contributed by atoms with Crippen molar-refractivity contribution in [2.75, 3.05) is 6.54 Å². The molecule has 3 aliphatic rings. The van der Waals surface area contributed by atoms with E-state index in [1.807, 2.05) is 30.9 Å². The van der Waals surface area contributed by atoms with E-state index in [0.717, 1.165) is 24.3 Å². The average molecular weight is 454 g/mol. The van der Waals surface area contributed by atoms with Crippen molar-refractivity contribution >= 4 is 23.6 Å². The monoisotopic (exact) mass is 453 g/mol. The number of β-lactam (4-membered cyclic amide) rings is 1. The van der Waals surface area contributed by atoms with Crippen LogP contribution in [0.4, 0.5) is 0 Å². The van der Waals surface area contributed by atoms with Gasteiger partial charge in [0.1, 0.15) is 12.7 Å². The molecule has 4 rings (SSSR count). The third-order valence-corrected chi connectivity index (χ3v) is 7.83. The Bertz CT molecular complexity index is 860. The first-order valence-corrected chi connectivity index (χ1v) is 11.0. The number of nitrogens with zero attached hydrogens (tertiary/aromatic N) is 2. The van der Waals surface area contributed by atoms with Gasteiger partial charge in [0.25, 0.3) is 0 Å². The topological polar surface area (TPSA) is 93.8 Å². The van der Waals surface area contributed by atoms with Crippen LogP contribution in [0, 0.1) is 11.8 Å². The van der Waals surface area contributed by atoms with E-state index in [1.165, 1.54) is 10.5 Å². The van der Waals surface area contributed by atoms with Crippen LogP contribution in [0.15, 0.2) is 35.1 Å². The van der Waals surface area contributed by atoms with E-state index in [-0.39, 0.29) is 41.2 Å². The first kappa shape index (κ1) is 23.1. The van der Waals surface area contributed by atoms with Crippen LogP contribution in [0.3, 0.4) is 0 Å². The maximum absolute atomic E-state index is 12.5. The number of nitrogens with one attached hydrogen (secondary N) is 1. The Balaban J connectivity index is 0.00000256. The van der Waals surface area contributed by atoms with Gasteiger partial charge in [-0.1, -0.05) is 6.92 Å². The van der Waals surface area contributed by atoms with Crippen molar-refractivity contribution in [1.82, 2.24) is 10.2 Å². The zero-order chi connectivity index (χ0) is 20.9. The maximum atomic E-state index is 12.5. The summed E-state index contributed by atoms with van der Waals surface area (Å²) in [6, 6.07) is 4.36. The van der Waals surface area contributed by atoms with E-state index >= 15 is 0 Å². The molecule has 0 spiro atoms. The number of aliphatic carboxylic acids is 1. The molecule has 4 heterocycles. The number of rotatable bonds is 6. The fraction of sp³-hybridized carbons (Fsp3) is 0.571. The van der Waals surface area contributed by atoms with Gasteiger partial charge in [0.05, 0.1) is 18.1 Å². The SMILES string of the molecule is C[C@@H](O)[C@H]1C(=O)N2C(C(=O)O)=C(S[C@H]3CNC(Cc4cc[n+](C)cc4)C3)[C@H](C)[C@H]12.[Cl-]. The lowest BCUT2D eigenvalue weighted by Crippen LogP contribution is -3.00. The van der Waals surface area contributed by atoms with Gasteiger partial charge >= 0.3 is 5.97 Å². The number of thioether (sulfide) groups is 1. The summed E-state index contributed by atoms with van der Waals surface area (Å²) in [5, 5.41) is 23.6. The van der Waals surface area contributed by atoms with E-state index in [1.54, 1.807) is 18.7 Å². The number of aliphatic hydroxyl groups is 1. The average Bonchev–Trinajstić information content (AvgIpc) is 3.18. The summed E-state index contributed by atoms with van der Waals surface area (Å²) in [6.07, 6.45) is 5.21. The summed E-state index contributed by atoms with van der Waals surface area (Å²) in [7, 11) is 2.00. The predicted octanol–water partition coefficient (Wildman–Crippen LogP) is -2.32. The lowest BCUT2D eigenvalue weighted by Gasteiger charge is -2.46. The van der Waals surface area contributed by atoms with E-state index < -0.39 is 18.0 Å². The maximum Gasteiger partial charge on any atom is 0.353 e. The second-order valence-corrected chi connectivity index (χ2v) is 9.77. The number of amides is 1. The van der Waals surface area contributed by atoms with Gasteiger partial charge in [-0.15, -0.1) is 11.8 Å². The van der Waals surface area contributed by atoms with Crippen molar-refractivity contribution in [3.05, 3.63) is 40.7 Å². The quantitative estimate of drug-likeness (QED) is 0.330. The van der Waals surface area contributed by atoms with Crippen LogP contribution in [0.25, 0.3) is 0 Å². The first-order chi connectivity index (χ1) is 13.8. The van der Waals surface area contributed by atoms with Gasteiger partial charge in [-0.3, -0.25) is 4.79 Å². The molecule has 0 radical (unpaired) electrons. The molecule has 0 saturated carbocycles. The molecule has 30 heavy (non-hydrogen) atoms. The first-order valence-electron chi connectivity index (χ1n) is 10.1. The second kappa shape index (κ2) is 8.86. The minimum atomic E-state index is -1.06. The third kappa shape index (κ3) is 3.98. The third-order valence-electron chi connectivity index (χ3n) is 6.32. The van der Waals surface area contributed by atoms with Crippen molar-refractivity contribution in [3.63, 3.8) is 0 Å². The number of hydrogen-bond acceptors (Lipinski definition) is 5. The number of carboxylic acid groups (broad SMARTS) is 1. The van der Waals surface area contributed by atoms with Crippen molar-refractivity contribution < 1.29 is 36.8 Å². The van der Waals surface area contributed by atoms with E-state index in [9.17, 15) is 19.8 Å². The second-order valence-electron chi connectivity index (χ2n) is 8.43. The molecule has 0 aliphatic carbocycles. The molecule has 1 amide bonds. The predicted molar refractivity (Wildman–Crippen MR) is 109 cm³/mol. The molecular weight excluding hydrogens is 426 g/mol. The number of aromatic nitrogens is 1. The van der Waals surface area contributed by atoms with Crippen LogP contribution in [-0.2, 0) is 23.1 Å². The van der Waals surface area contributed by atoms with Crippen LogP contribution in [0.5, 0.6) is 0 Å². The molecule has 1 unspecified atom stereocenters. The molecule has 164 valence electrons. The Labute approximate surface area is 186 Å². The Kier molecular flexibility index (Phi) is 6.81. The molecule has 3 aliphatic heterocycles. The lowest BCUT2D eigenvalue weighted by molar-refractivity contribution is -0.671. The largest absolute Gasteiger partial charge is 1.00 e. The van der Waals surface area contributed by atoms with Crippen LogP contribution in [0.1, 0.15) is 25.8 Å². The number of fused-ring (bicyclic) bond motifs is 1. The molecule has 1 aromatic rings. The van der Waals surface area contributed by atoms with Crippen molar-refractivity contribution in [1.29, 1.82) is 0 Å². The van der Waals surface area contributed by atoms with Crippen molar-refractivity contribution in [2.45, 2.75) is 50.1 Å². The molecule has 0 aromatic carbocycles. The fourth-order valence-corrected chi connectivity index (χ4v) is 6.36. The standard InChI is InChI=1S/C21H27N3O4S.ClH/c1-11-17-16(12(2)25)20(26)24(17)18(21(27)28)19(11)29-15-9-14(22-10-15)8-13-4-6-23(3)7-5-13;/h4-7,11-12,14-17,22,25H,8-10H2,1-3H3;1H/t11-,12-,14?,15-,16-,17-;/m1./s1. The van der Waals surface area contributed by atoms with Gasteiger partial charge in [-0.05, 0) is 25.3 Å². The van der Waals surface area contributed by atoms with Crippen LogP contribution >= 0.6 is 11.8 Å². The molecule has 6 atom stereocenters. The lowest BCUT2D eigenvalue weighted by atomic mass is 9.79. The number of aryl methyl sites for hydroxylation is 1. The van der Waals surface area contributed by atoms with Crippen molar-refractivity contribution in [3.8, 4) is 0 Å². The molecule has 7 nitrogen and oxygen atoms in total. The highest BCUT2D eigenvalue weighted by molar-refractivity contribution is 8.03. The summed E-state index contributed by atoms with van der Waals surface area (Å²) < 4.78 is 2.01. The van der Waals surface area contributed by atoms with E-state index in [4.69, 9.17) is 0 Å². The minimum Gasteiger partial charge on any atom is -1.00 e. The van der Waals surface area contributed by atoms with Crippen LogP contribution in [0.2, 0.25) is 0 Å². The number of halogens is 1. The van der Waals surface area contributed by atoms with Gasteiger partial charge in [-0.25, -0.2) is 9.36 Å². The summed E-state index contributed by atoms with van der Waals surface area (Å²) in [5.41, 5.74) is 1.40. The van der Waals surface area contributed by atoms with E-state index in [0.29, 0.717) is 6.04 Å². The molecule has 1 aromatic heterocycles. The molecule has 3 N–H and O–H groups in total. The number of aliphatic hydroxyl groups excluding tert-OH is 1. The van der Waals surface area contributed by atoms with Gasteiger partial charge < -0.3 is 32.8 Å². The van der Waals surface area contributed by atoms with Gasteiger partial charge in [-0.2, -0.15) is 0 Å². The number of carboxylic acids is 1. The number of carbonyl (C=O) groups excluding carboxylic acids is 1. The smallest absolute Gasteiger partial charge is 0.353 e. The molecule has 9 heteroatoms. The molecular formula is C21H28ClN3O4S. The molecule has 2 fully saturated rings. The zero-order valence-corrected chi connectivity index (χ0v) is 18.9. The highest BCUT2D eigenvalue weighted by Crippen LogP contribution is 2.51. The summed E-state index contributed by atoms with van der Waals surface area (Å²) >= 11 is 1.60. The summed E-state index contributed by atoms with van der Waals surface area (Å²) in [5.74, 6) is -1.91. The summed E-state index contributed by atoms with van der Waals surface area (Å²) in [6.45, 7) is 4.40. The zero-order valence-electron chi connectivity index (χ0n) is 17.3. The number of carbonyl (C=O) groups is 2. The number of hydrogen-bond donors (Lipinski definition) is 3. The van der Waals surface area contributed by atoms with Crippen molar-refractivity contribution in [2.24, 2.45) is 18.9 Å². The Morgan fingerprint density at radius 3 is 2.67 bits per heavy atom. The highest BCUT2D eigenvalue weighted by Gasteiger charge is 2.60. The van der Waals surface area contributed by atoms with Gasteiger partial charge in [0.2, 0.25) is 5.91 Å². The highest BCUT2D eigenvalue weighted by atomic mass is 35.5. The number of pyridine rings is 1. The normalized spacial score (nSPS) is 31.3. The Hall–Kier alpha value is -1.61. The van der Waals surface area contributed by atoms with Crippen LogP contribution in [-0.4, -0.2) is 57.0 Å². The summed E-state index contributed by atoms with van der Waals surface area (Å²) in [4.78, 5) is 26.6. The molecule has 0 bridgehead atoms.